The first-order valence-corrected chi connectivity index (χ1v) is 11.9. The first-order chi connectivity index (χ1) is 17.6. The van der Waals surface area contributed by atoms with Crippen LogP contribution in [0.5, 0.6) is 0 Å². The van der Waals surface area contributed by atoms with E-state index in [0.29, 0.717) is 30.7 Å². The van der Waals surface area contributed by atoms with Crippen molar-refractivity contribution in [3.05, 3.63) is 58.2 Å². The Morgan fingerprint density at radius 1 is 1.30 bits per heavy atom. The second kappa shape index (κ2) is 8.91. The van der Waals surface area contributed by atoms with E-state index in [2.05, 4.69) is 32.2 Å². The predicted octanol–water partition coefficient (Wildman–Crippen LogP) is 1.28. The standard InChI is InChI=1S/C24H26F3N7O3/c1-10-16(20(35)23(37)33-24(4-5-24)15(29-2)9-31-28)14-8-11-7-13(11)34(14)19(10)22(36)32-12-3-6-30-18(17(12)25)21(26)27/h3,6,9,11,13,21,29,31H,4-5,7-8,28H2,1-2H3,(H,33,37)(H,30,32,36)/p+1. The molecule has 0 bridgehead atoms. The van der Waals surface area contributed by atoms with Crippen molar-refractivity contribution < 1.29 is 33.4 Å². The van der Waals surface area contributed by atoms with Crippen LogP contribution in [0.2, 0.25) is 0 Å². The zero-order valence-corrected chi connectivity index (χ0v) is 20.3. The molecule has 196 valence electrons. The Bertz CT molecular complexity index is 1350. The minimum atomic E-state index is -3.15. The first-order valence-electron chi connectivity index (χ1n) is 11.9. The molecule has 0 spiro atoms. The smallest absolute Gasteiger partial charge is 0.293 e. The maximum Gasteiger partial charge on any atom is 0.293 e. The lowest BCUT2D eigenvalue weighted by molar-refractivity contribution is -0.428. The van der Waals surface area contributed by atoms with E-state index < -0.39 is 46.8 Å². The molecule has 13 heteroatoms. The molecule has 2 atom stereocenters. The molecule has 2 aliphatic carbocycles. The van der Waals surface area contributed by atoms with Crippen LogP contribution in [0.1, 0.15) is 69.5 Å². The number of rotatable bonds is 9. The normalized spacial score (nSPS) is 20.7. The summed E-state index contributed by atoms with van der Waals surface area (Å²) < 4.78 is 42.4. The summed E-state index contributed by atoms with van der Waals surface area (Å²) in [6, 6.07) is 1.08. The molecule has 2 aromatic rings. The lowest BCUT2D eigenvalue weighted by Gasteiger charge is -2.20. The fraction of sp³-hybridized carbons (Fsp3) is 0.417. The number of nitrogens with one attached hydrogen (secondary N) is 4. The molecule has 5 rings (SSSR count). The Balaban J connectivity index is 1.45. The molecule has 3 aliphatic rings. The lowest BCUT2D eigenvalue weighted by atomic mass is 10.0. The zero-order chi connectivity index (χ0) is 26.6. The van der Waals surface area contributed by atoms with E-state index in [1.54, 1.807) is 24.7 Å². The number of halogens is 3. The van der Waals surface area contributed by atoms with E-state index >= 15 is 0 Å². The van der Waals surface area contributed by atoms with Crippen molar-refractivity contribution in [2.45, 2.75) is 50.6 Å². The topological polar surface area (TPSA) is 145 Å². The average Bonchev–Trinajstić information content (AvgIpc) is 3.75. The summed E-state index contributed by atoms with van der Waals surface area (Å²) >= 11 is 0. The monoisotopic (exact) mass is 518 g/mol. The Kier molecular flexibility index (Phi) is 5.97. The number of alkyl halides is 2. The minimum Gasteiger partial charge on any atom is -0.388 e. The van der Waals surface area contributed by atoms with Gasteiger partial charge in [0.05, 0.1) is 28.7 Å². The van der Waals surface area contributed by atoms with Crippen LogP contribution in [0.4, 0.5) is 18.9 Å². The molecule has 10 nitrogen and oxygen atoms in total. The number of carbonyl (C=O) groups excluding carboxylic acids is 3. The molecule has 0 aromatic carbocycles. The third-order valence-electron chi connectivity index (χ3n) is 7.38. The Morgan fingerprint density at radius 2 is 2.03 bits per heavy atom. The first kappa shape index (κ1) is 24.8. The molecule has 37 heavy (non-hydrogen) atoms. The number of amides is 2. The van der Waals surface area contributed by atoms with E-state index in [0.717, 1.165) is 18.7 Å². The second-order valence-corrected chi connectivity index (χ2v) is 9.62. The lowest BCUT2D eigenvalue weighted by Crippen LogP contribution is -2.62. The highest BCUT2D eigenvalue weighted by molar-refractivity contribution is 6.44. The zero-order valence-electron chi connectivity index (χ0n) is 20.3. The van der Waals surface area contributed by atoms with E-state index in [-0.39, 0.29) is 28.8 Å². The molecule has 0 saturated heterocycles. The molecule has 2 saturated carbocycles. The molecule has 2 aromatic heterocycles. The van der Waals surface area contributed by atoms with Gasteiger partial charge in [0, 0.05) is 25.0 Å². The number of likely N-dealkylation sites (N-methyl/N-ethyl adjacent to an activating group) is 1. The number of aromatic nitrogens is 2. The number of fused-ring (bicyclic) bond motifs is 3. The van der Waals surface area contributed by atoms with Crippen LogP contribution in [0, 0.1) is 18.7 Å². The summed E-state index contributed by atoms with van der Waals surface area (Å²) in [6.07, 6.45) is 2.09. The van der Waals surface area contributed by atoms with Crippen molar-refractivity contribution in [3.63, 3.8) is 0 Å². The maximum absolute atomic E-state index is 14.5. The highest BCUT2D eigenvalue weighted by Crippen LogP contribution is 2.54. The molecule has 2 fully saturated rings. The van der Waals surface area contributed by atoms with Crippen LogP contribution < -0.4 is 27.2 Å². The predicted molar refractivity (Wildman–Crippen MR) is 125 cm³/mol. The molecule has 0 radical (unpaired) electrons. The number of carbonyl (C=O) groups is 3. The highest BCUT2D eigenvalue weighted by atomic mass is 19.3. The van der Waals surface area contributed by atoms with Crippen molar-refractivity contribution in [3.8, 4) is 0 Å². The molecular weight excluding hydrogens is 491 g/mol. The number of pyridine rings is 1. The van der Waals surface area contributed by atoms with Crippen molar-refractivity contribution >= 4 is 23.3 Å². The van der Waals surface area contributed by atoms with E-state index in [4.69, 9.17) is 0 Å². The van der Waals surface area contributed by atoms with Gasteiger partial charge in [0.15, 0.2) is 5.82 Å². The van der Waals surface area contributed by atoms with Crippen LogP contribution in [0.15, 0.2) is 24.2 Å². The van der Waals surface area contributed by atoms with Crippen molar-refractivity contribution in [2.24, 2.45) is 5.92 Å². The summed E-state index contributed by atoms with van der Waals surface area (Å²) in [4.78, 5) is 43.1. The average molecular weight is 519 g/mol. The molecule has 2 unspecified atom stereocenters. The summed E-state index contributed by atoms with van der Waals surface area (Å²) in [5.41, 5.74) is 2.28. The van der Waals surface area contributed by atoms with Gasteiger partial charge in [-0.05, 0) is 50.2 Å². The number of anilines is 1. The van der Waals surface area contributed by atoms with Gasteiger partial charge in [-0.25, -0.2) is 18.6 Å². The third kappa shape index (κ3) is 4.02. The number of hydrogen-bond donors (Lipinski definition) is 5. The van der Waals surface area contributed by atoms with Gasteiger partial charge in [0.25, 0.3) is 24.0 Å². The Morgan fingerprint density at radius 3 is 2.65 bits per heavy atom. The molecule has 2 amide bonds. The second-order valence-electron chi connectivity index (χ2n) is 9.62. The third-order valence-corrected chi connectivity index (χ3v) is 7.38. The van der Waals surface area contributed by atoms with Gasteiger partial charge in [-0.1, -0.05) is 0 Å². The maximum atomic E-state index is 14.5. The fourth-order valence-corrected chi connectivity index (χ4v) is 5.35. The van der Waals surface area contributed by atoms with Gasteiger partial charge in [0.1, 0.15) is 11.4 Å². The van der Waals surface area contributed by atoms with E-state index in [9.17, 15) is 27.6 Å². The molecule has 7 N–H and O–H groups in total. The highest BCUT2D eigenvalue weighted by Gasteiger charge is 2.52. The van der Waals surface area contributed by atoms with Crippen LogP contribution in [-0.2, 0) is 11.2 Å². The molecule has 3 heterocycles. The Hall–Kier alpha value is -3.87. The minimum absolute atomic E-state index is 0.00490. The van der Waals surface area contributed by atoms with Gasteiger partial charge >= 0.3 is 0 Å². The summed E-state index contributed by atoms with van der Waals surface area (Å²) in [6.45, 7) is 1.56. The van der Waals surface area contributed by atoms with Crippen LogP contribution in [-0.4, -0.2) is 39.7 Å². The number of ketones is 1. The number of quaternary nitrogens is 1. The van der Waals surface area contributed by atoms with Crippen LogP contribution in [0.25, 0.3) is 0 Å². The fourth-order valence-electron chi connectivity index (χ4n) is 5.35. The van der Waals surface area contributed by atoms with Gasteiger partial charge in [-0.15, -0.1) is 0 Å². The van der Waals surface area contributed by atoms with E-state index in [1.807, 2.05) is 0 Å². The van der Waals surface area contributed by atoms with Gasteiger partial charge in [-0.3, -0.25) is 25.2 Å². The SMILES string of the molecule is CNC(=CN[NH3+])C1(NC(=O)C(=O)c2c(C)c(C(=O)Nc3ccnc(C(F)F)c3F)n3c2CC2CC23)CC1. The molecular formula is C24H27F3N7O3+. The van der Waals surface area contributed by atoms with Crippen molar-refractivity contribution in [1.82, 2.24) is 25.6 Å². The summed E-state index contributed by atoms with van der Waals surface area (Å²) in [5, 5.41) is 8.18. The van der Waals surface area contributed by atoms with Crippen molar-refractivity contribution in [2.75, 3.05) is 12.4 Å². The van der Waals surface area contributed by atoms with Crippen LogP contribution in [0.3, 0.4) is 0 Å². The van der Waals surface area contributed by atoms with Gasteiger partial charge in [0.2, 0.25) is 0 Å². The largest absolute Gasteiger partial charge is 0.388 e. The Labute approximate surface area is 209 Å². The van der Waals surface area contributed by atoms with Gasteiger partial charge < -0.3 is 20.5 Å². The van der Waals surface area contributed by atoms with Crippen molar-refractivity contribution in [1.29, 1.82) is 0 Å². The van der Waals surface area contributed by atoms with Gasteiger partial charge in [-0.2, -0.15) is 0 Å². The summed E-state index contributed by atoms with van der Waals surface area (Å²) in [5.74, 6) is 0.166. The quantitative estimate of drug-likeness (QED) is 0.192. The number of Topliss-reactive ketones (excluding diaryl/α,β-unsaturated/α-hetero) is 1. The molecule has 1 aliphatic heterocycles. The van der Waals surface area contributed by atoms with Crippen LogP contribution >= 0.6 is 0 Å². The summed E-state index contributed by atoms with van der Waals surface area (Å²) in [7, 11) is 1.70. The van der Waals surface area contributed by atoms with E-state index in [1.165, 1.54) is 0 Å². The number of nitrogens with zero attached hydrogens (tertiary/aromatic N) is 2. The number of hydrogen-bond acceptors (Lipinski definition) is 6.